The minimum Gasteiger partial charge on any atom is -0.390 e. The molecule has 11 heavy (non-hydrogen) atoms. The van der Waals surface area contributed by atoms with E-state index in [0.29, 0.717) is 0 Å². The molecule has 0 unspecified atom stereocenters. The first-order valence-electron chi connectivity index (χ1n) is 4.45. The lowest BCUT2D eigenvalue weighted by Gasteiger charge is -2.04. The van der Waals surface area contributed by atoms with E-state index in [-0.39, 0.29) is 0 Å². The standard InChI is InChI=1S/C9H20N2/c1-4-6-7-11-8-9(5-2)10-3/h8,10-11H,4-7H2,1-3H3/b9-8-. The second-order valence-electron chi connectivity index (χ2n) is 2.58. The Kier molecular flexibility index (Phi) is 7.00. The zero-order valence-electron chi connectivity index (χ0n) is 7.91. The van der Waals surface area contributed by atoms with Gasteiger partial charge in [0, 0.05) is 25.5 Å². The molecule has 0 spiro atoms. The number of hydrogen-bond acceptors (Lipinski definition) is 2. The predicted molar refractivity (Wildman–Crippen MR) is 50.3 cm³/mol. The van der Waals surface area contributed by atoms with Gasteiger partial charge in [0.15, 0.2) is 0 Å². The first-order valence-corrected chi connectivity index (χ1v) is 4.45. The van der Waals surface area contributed by atoms with Gasteiger partial charge in [-0.3, -0.25) is 0 Å². The average Bonchev–Trinajstić information content (AvgIpc) is 2.05. The normalized spacial score (nSPS) is 11.4. The SMILES string of the molecule is CCCCN/C=C(/CC)NC. The van der Waals surface area contributed by atoms with Crippen LogP contribution in [0, 0.1) is 0 Å². The van der Waals surface area contributed by atoms with E-state index in [4.69, 9.17) is 0 Å². The molecule has 66 valence electrons. The van der Waals surface area contributed by atoms with Crippen molar-refractivity contribution in [3.8, 4) is 0 Å². The van der Waals surface area contributed by atoms with Gasteiger partial charge in [-0.2, -0.15) is 0 Å². The number of rotatable bonds is 6. The van der Waals surface area contributed by atoms with E-state index in [1.807, 2.05) is 7.05 Å². The van der Waals surface area contributed by atoms with E-state index in [9.17, 15) is 0 Å². The molecule has 0 radical (unpaired) electrons. The van der Waals surface area contributed by atoms with E-state index in [1.54, 1.807) is 0 Å². The summed E-state index contributed by atoms with van der Waals surface area (Å²) in [6.07, 6.45) is 5.63. The smallest absolute Gasteiger partial charge is 0.0261 e. The van der Waals surface area contributed by atoms with E-state index in [2.05, 4.69) is 30.7 Å². The molecule has 0 aromatic carbocycles. The van der Waals surface area contributed by atoms with Crippen LogP contribution in [0.25, 0.3) is 0 Å². The van der Waals surface area contributed by atoms with Crippen LogP contribution in [0.2, 0.25) is 0 Å². The van der Waals surface area contributed by atoms with Crippen molar-refractivity contribution < 1.29 is 0 Å². The van der Waals surface area contributed by atoms with Crippen molar-refractivity contribution in [2.45, 2.75) is 33.1 Å². The number of allylic oxidation sites excluding steroid dienone is 1. The van der Waals surface area contributed by atoms with E-state index in [0.717, 1.165) is 13.0 Å². The van der Waals surface area contributed by atoms with Gasteiger partial charge >= 0.3 is 0 Å². The maximum atomic E-state index is 3.26. The summed E-state index contributed by atoms with van der Waals surface area (Å²) in [5.41, 5.74) is 1.26. The van der Waals surface area contributed by atoms with Crippen molar-refractivity contribution >= 4 is 0 Å². The van der Waals surface area contributed by atoms with Crippen LogP contribution < -0.4 is 10.6 Å². The van der Waals surface area contributed by atoms with Gasteiger partial charge in [0.25, 0.3) is 0 Å². The second-order valence-corrected chi connectivity index (χ2v) is 2.58. The maximum Gasteiger partial charge on any atom is 0.0261 e. The summed E-state index contributed by atoms with van der Waals surface area (Å²) in [5, 5.41) is 6.39. The molecular weight excluding hydrogens is 136 g/mol. The Morgan fingerprint density at radius 1 is 1.36 bits per heavy atom. The van der Waals surface area contributed by atoms with Crippen LogP contribution in [-0.4, -0.2) is 13.6 Å². The molecular formula is C9H20N2. The van der Waals surface area contributed by atoms with Crippen LogP contribution in [0.4, 0.5) is 0 Å². The third-order valence-electron chi connectivity index (χ3n) is 1.65. The summed E-state index contributed by atoms with van der Waals surface area (Å²) >= 11 is 0. The van der Waals surface area contributed by atoms with Gasteiger partial charge < -0.3 is 10.6 Å². The molecule has 2 nitrogen and oxygen atoms in total. The molecule has 0 aromatic heterocycles. The van der Waals surface area contributed by atoms with Gasteiger partial charge in [0.1, 0.15) is 0 Å². The second kappa shape index (κ2) is 7.45. The lowest BCUT2D eigenvalue weighted by Crippen LogP contribution is -2.13. The van der Waals surface area contributed by atoms with Crippen LogP contribution in [0.5, 0.6) is 0 Å². The third-order valence-corrected chi connectivity index (χ3v) is 1.65. The fourth-order valence-corrected chi connectivity index (χ4v) is 0.825. The summed E-state index contributed by atoms with van der Waals surface area (Å²) < 4.78 is 0. The molecule has 0 aliphatic rings. The summed E-state index contributed by atoms with van der Waals surface area (Å²) in [7, 11) is 1.96. The topological polar surface area (TPSA) is 24.1 Å². The Morgan fingerprint density at radius 2 is 2.09 bits per heavy atom. The third kappa shape index (κ3) is 5.77. The summed E-state index contributed by atoms with van der Waals surface area (Å²) in [6, 6.07) is 0. The Hall–Kier alpha value is -0.660. The quantitative estimate of drug-likeness (QED) is 0.573. The van der Waals surface area contributed by atoms with Gasteiger partial charge in [-0.15, -0.1) is 0 Å². The van der Waals surface area contributed by atoms with Gasteiger partial charge in [0.2, 0.25) is 0 Å². The van der Waals surface area contributed by atoms with Crippen molar-refractivity contribution in [2.24, 2.45) is 0 Å². The Bertz CT molecular complexity index is 102. The van der Waals surface area contributed by atoms with E-state index < -0.39 is 0 Å². The molecule has 0 aliphatic heterocycles. The fourth-order valence-electron chi connectivity index (χ4n) is 0.825. The first-order chi connectivity index (χ1) is 5.35. The number of nitrogens with one attached hydrogen (secondary N) is 2. The van der Waals surface area contributed by atoms with Crippen LogP contribution >= 0.6 is 0 Å². The van der Waals surface area contributed by atoms with Gasteiger partial charge in [-0.1, -0.05) is 20.3 Å². The fraction of sp³-hybridized carbons (Fsp3) is 0.778. The Morgan fingerprint density at radius 3 is 2.55 bits per heavy atom. The molecule has 0 aliphatic carbocycles. The Labute approximate surface area is 70.1 Å². The lowest BCUT2D eigenvalue weighted by molar-refractivity contribution is 0.722. The molecule has 2 heteroatoms. The summed E-state index contributed by atoms with van der Waals surface area (Å²) in [5.74, 6) is 0. The molecule has 0 saturated heterocycles. The van der Waals surface area contributed by atoms with Crippen LogP contribution in [0.15, 0.2) is 11.9 Å². The molecule has 0 rings (SSSR count). The van der Waals surface area contributed by atoms with Gasteiger partial charge in [-0.05, 0) is 12.8 Å². The van der Waals surface area contributed by atoms with Crippen LogP contribution in [-0.2, 0) is 0 Å². The monoisotopic (exact) mass is 156 g/mol. The van der Waals surface area contributed by atoms with E-state index in [1.165, 1.54) is 18.5 Å². The van der Waals surface area contributed by atoms with Crippen molar-refractivity contribution in [2.75, 3.05) is 13.6 Å². The van der Waals surface area contributed by atoms with Crippen LogP contribution in [0.3, 0.4) is 0 Å². The molecule has 0 bridgehead atoms. The predicted octanol–water partition coefficient (Wildman–Crippen LogP) is 1.85. The molecule has 2 N–H and O–H groups in total. The zero-order chi connectivity index (χ0) is 8.53. The van der Waals surface area contributed by atoms with E-state index >= 15 is 0 Å². The number of hydrogen-bond donors (Lipinski definition) is 2. The average molecular weight is 156 g/mol. The molecule has 0 amide bonds. The largest absolute Gasteiger partial charge is 0.390 e. The van der Waals surface area contributed by atoms with Crippen molar-refractivity contribution in [1.82, 2.24) is 10.6 Å². The zero-order valence-corrected chi connectivity index (χ0v) is 7.91. The molecule has 0 aromatic rings. The Balaban J connectivity index is 3.37. The van der Waals surface area contributed by atoms with Gasteiger partial charge in [-0.25, -0.2) is 0 Å². The van der Waals surface area contributed by atoms with Crippen molar-refractivity contribution in [3.05, 3.63) is 11.9 Å². The first kappa shape index (κ1) is 10.3. The molecule has 0 atom stereocenters. The minimum atomic E-state index is 1.07. The molecule has 0 saturated carbocycles. The highest BCUT2D eigenvalue weighted by atomic mass is 14.9. The van der Waals surface area contributed by atoms with Gasteiger partial charge in [0.05, 0.1) is 0 Å². The number of unbranched alkanes of at least 4 members (excludes halogenated alkanes) is 1. The highest BCUT2D eigenvalue weighted by Gasteiger charge is 1.86. The van der Waals surface area contributed by atoms with Crippen LogP contribution in [0.1, 0.15) is 33.1 Å². The lowest BCUT2D eigenvalue weighted by atomic mass is 10.3. The minimum absolute atomic E-state index is 1.07. The van der Waals surface area contributed by atoms with Crippen molar-refractivity contribution in [3.63, 3.8) is 0 Å². The molecule has 0 fully saturated rings. The molecule has 0 heterocycles. The summed E-state index contributed by atoms with van der Waals surface area (Å²) in [4.78, 5) is 0. The van der Waals surface area contributed by atoms with Crippen molar-refractivity contribution in [1.29, 1.82) is 0 Å². The summed E-state index contributed by atoms with van der Waals surface area (Å²) in [6.45, 7) is 5.43. The maximum absolute atomic E-state index is 3.26. The highest BCUT2D eigenvalue weighted by Crippen LogP contribution is 1.91. The highest BCUT2D eigenvalue weighted by molar-refractivity contribution is 4.95.